The van der Waals surface area contributed by atoms with Crippen molar-refractivity contribution in [3.05, 3.63) is 149 Å². The number of H-pyrrole nitrogens is 1. The summed E-state index contributed by atoms with van der Waals surface area (Å²) in [5, 5.41) is 31.4. The van der Waals surface area contributed by atoms with E-state index in [9.17, 15) is 29.4 Å². The maximum Gasteiger partial charge on any atom is 0.326 e. The van der Waals surface area contributed by atoms with Gasteiger partial charge in [-0.05, 0) is 60.5 Å². The van der Waals surface area contributed by atoms with Crippen molar-refractivity contribution in [1.29, 1.82) is 0 Å². The van der Waals surface area contributed by atoms with E-state index in [1.54, 1.807) is 18.2 Å². The number of aliphatic hydroxyl groups excluding tert-OH is 1. The van der Waals surface area contributed by atoms with Crippen LogP contribution in [0.1, 0.15) is 58.2 Å². The van der Waals surface area contributed by atoms with Crippen LogP contribution in [-0.4, -0.2) is 62.1 Å². The summed E-state index contributed by atoms with van der Waals surface area (Å²) in [7, 11) is 0. The summed E-state index contributed by atoms with van der Waals surface area (Å²) in [5.74, 6) is -3.12. The second kappa shape index (κ2) is 16.8. The van der Waals surface area contributed by atoms with Gasteiger partial charge >= 0.3 is 5.97 Å². The van der Waals surface area contributed by atoms with E-state index in [0.29, 0.717) is 5.52 Å². The highest BCUT2D eigenvalue weighted by Crippen LogP contribution is 2.26. The molecule has 6 rings (SSSR count). The first-order valence-electron chi connectivity index (χ1n) is 17.5. The molecule has 2 aromatic heterocycles. The number of nitrogens with zero attached hydrogens (tertiary/aromatic N) is 1. The Bertz CT molecular complexity index is 2200. The number of benzene rings is 4. The highest BCUT2D eigenvalue weighted by atomic mass is 16.4. The number of aliphatic carboxylic acids is 1. The number of carbonyl (C=O) groups excluding carboxylic acids is 3. The van der Waals surface area contributed by atoms with E-state index in [-0.39, 0.29) is 30.9 Å². The van der Waals surface area contributed by atoms with E-state index in [1.165, 1.54) is 6.07 Å². The molecule has 0 aliphatic carbocycles. The van der Waals surface area contributed by atoms with Gasteiger partial charge in [-0.15, -0.1) is 0 Å². The van der Waals surface area contributed by atoms with Gasteiger partial charge < -0.3 is 31.1 Å². The Morgan fingerprint density at radius 1 is 0.755 bits per heavy atom. The van der Waals surface area contributed by atoms with Crippen molar-refractivity contribution in [1.82, 2.24) is 25.9 Å². The topological polar surface area (TPSA) is 174 Å². The standard InChI is InChI=1S/C42H41N5O6/c1-26-10-9-15-30(22-26)40(35-24-29-14-6-8-17-32(29)44-35)47-38(49)21-20-37(48)34(23-27-11-3-2-4-12-27)45-39(50)25-36(42(52)53)46-41(51)33-19-18-28-13-5-7-16-31(28)43-33/h2-19,22,24,34,36-37,40,44,48H,20-21,23,25H2,1H3,(H,45,50)(H,46,51)(H,47,49)(H,52,53)/t34-,36?,37-,40?/m0/s1. The van der Waals surface area contributed by atoms with Crippen LogP contribution in [0.5, 0.6) is 0 Å². The number of nitrogens with one attached hydrogen (secondary N) is 4. The largest absolute Gasteiger partial charge is 0.480 e. The van der Waals surface area contributed by atoms with E-state index >= 15 is 0 Å². The van der Waals surface area contributed by atoms with Gasteiger partial charge in [0.15, 0.2) is 0 Å². The first-order valence-corrected chi connectivity index (χ1v) is 17.5. The number of carboxylic acid groups (broad SMARTS) is 1. The minimum absolute atomic E-state index is 0.0141. The van der Waals surface area contributed by atoms with Crippen molar-refractivity contribution in [2.24, 2.45) is 0 Å². The van der Waals surface area contributed by atoms with E-state index in [4.69, 9.17) is 0 Å². The third-order valence-electron chi connectivity index (χ3n) is 9.14. The molecule has 6 N–H and O–H groups in total. The van der Waals surface area contributed by atoms with Gasteiger partial charge in [-0.2, -0.15) is 0 Å². The van der Waals surface area contributed by atoms with Gasteiger partial charge in [-0.1, -0.05) is 103 Å². The van der Waals surface area contributed by atoms with Crippen LogP contribution >= 0.6 is 0 Å². The van der Waals surface area contributed by atoms with Crippen LogP contribution in [0.25, 0.3) is 21.8 Å². The van der Waals surface area contributed by atoms with Gasteiger partial charge in [0.25, 0.3) is 5.91 Å². The number of aromatic nitrogens is 2. The second-order valence-electron chi connectivity index (χ2n) is 13.2. The Labute approximate surface area is 306 Å². The van der Waals surface area contributed by atoms with Crippen LogP contribution in [0.4, 0.5) is 0 Å². The van der Waals surface area contributed by atoms with Gasteiger partial charge in [0.1, 0.15) is 11.7 Å². The summed E-state index contributed by atoms with van der Waals surface area (Å²) in [6, 6.07) is 34.5. The number of aromatic amines is 1. The highest BCUT2D eigenvalue weighted by molar-refractivity contribution is 5.98. The average Bonchev–Trinajstić information content (AvgIpc) is 3.59. The van der Waals surface area contributed by atoms with Gasteiger partial charge in [-0.25, -0.2) is 9.78 Å². The fourth-order valence-corrected chi connectivity index (χ4v) is 6.38. The van der Waals surface area contributed by atoms with Crippen molar-refractivity contribution in [3.8, 4) is 0 Å². The summed E-state index contributed by atoms with van der Waals surface area (Å²) >= 11 is 0. The van der Waals surface area contributed by atoms with E-state index in [0.717, 1.165) is 38.7 Å². The molecule has 53 heavy (non-hydrogen) atoms. The predicted octanol–water partition coefficient (Wildman–Crippen LogP) is 5.37. The number of aliphatic hydroxyl groups is 1. The number of hydrogen-bond acceptors (Lipinski definition) is 6. The molecule has 0 aliphatic heterocycles. The normalized spacial score (nSPS) is 13.5. The summed E-state index contributed by atoms with van der Waals surface area (Å²) in [6.07, 6.45) is -1.55. The van der Waals surface area contributed by atoms with Gasteiger partial charge in [0.2, 0.25) is 11.8 Å². The molecule has 0 radical (unpaired) electrons. The lowest BCUT2D eigenvalue weighted by Crippen LogP contribution is -2.49. The molecule has 2 unspecified atom stereocenters. The molecule has 11 heteroatoms. The molecule has 0 aliphatic rings. The summed E-state index contributed by atoms with van der Waals surface area (Å²) in [5.41, 5.74) is 5.11. The number of pyridine rings is 1. The van der Waals surface area contributed by atoms with E-state index in [1.807, 2.05) is 104 Å². The maximum absolute atomic E-state index is 13.5. The van der Waals surface area contributed by atoms with Crippen molar-refractivity contribution in [2.45, 2.75) is 56.8 Å². The molecule has 270 valence electrons. The van der Waals surface area contributed by atoms with Crippen LogP contribution in [-0.2, 0) is 20.8 Å². The molecule has 11 nitrogen and oxygen atoms in total. The molecule has 0 bridgehead atoms. The zero-order valence-corrected chi connectivity index (χ0v) is 29.2. The quantitative estimate of drug-likeness (QED) is 0.0831. The lowest BCUT2D eigenvalue weighted by molar-refractivity contribution is -0.141. The Hall–Kier alpha value is -6.33. The summed E-state index contributed by atoms with van der Waals surface area (Å²) in [4.78, 5) is 59.7. The molecular formula is C42H41N5O6. The molecule has 4 atom stereocenters. The molecular weight excluding hydrogens is 670 g/mol. The average molecular weight is 712 g/mol. The second-order valence-corrected chi connectivity index (χ2v) is 13.2. The van der Waals surface area contributed by atoms with Crippen molar-refractivity contribution < 1.29 is 29.4 Å². The van der Waals surface area contributed by atoms with Crippen LogP contribution < -0.4 is 16.0 Å². The first kappa shape index (κ1) is 36.5. The number of para-hydroxylation sites is 2. The molecule has 0 fully saturated rings. The SMILES string of the molecule is Cc1cccc(C(NC(=O)CC[C@H](O)[C@H](Cc2ccccc2)NC(=O)CC(NC(=O)c2ccc3ccccc3n2)C(=O)O)c2cc3ccccc3[nH]2)c1. The molecule has 3 amide bonds. The third-order valence-corrected chi connectivity index (χ3v) is 9.14. The fourth-order valence-electron chi connectivity index (χ4n) is 6.38. The number of fused-ring (bicyclic) bond motifs is 2. The smallest absolute Gasteiger partial charge is 0.326 e. The van der Waals surface area contributed by atoms with Crippen molar-refractivity contribution in [3.63, 3.8) is 0 Å². The van der Waals surface area contributed by atoms with Crippen LogP contribution in [0.3, 0.4) is 0 Å². The van der Waals surface area contributed by atoms with Gasteiger partial charge in [0, 0.05) is 23.0 Å². The molecule has 0 saturated heterocycles. The number of carboxylic acids is 1. The van der Waals surface area contributed by atoms with E-state index in [2.05, 4.69) is 25.9 Å². The Balaban J connectivity index is 1.12. The highest BCUT2D eigenvalue weighted by Gasteiger charge is 2.29. The molecule has 2 heterocycles. The lowest BCUT2D eigenvalue weighted by Gasteiger charge is -2.26. The number of amides is 3. The minimum atomic E-state index is -1.56. The number of hydrogen-bond donors (Lipinski definition) is 6. The lowest BCUT2D eigenvalue weighted by atomic mass is 9.97. The summed E-state index contributed by atoms with van der Waals surface area (Å²) < 4.78 is 0. The minimum Gasteiger partial charge on any atom is -0.480 e. The number of carbonyl (C=O) groups is 4. The fraction of sp³-hybridized carbons (Fsp3) is 0.214. The van der Waals surface area contributed by atoms with Gasteiger partial charge in [-0.3, -0.25) is 14.4 Å². The molecule has 0 spiro atoms. The summed E-state index contributed by atoms with van der Waals surface area (Å²) in [6.45, 7) is 1.99. The predicted molar refractivity (Wildman–Crippen MR) is 202 cm³/mol. The number of rotatable bonds is 15. The zero-order chi connectivity index (χ0) is 37.3. The monoisotopic (exact) mass is 711 g/mol. The first-order chi connectivity index (χ1) is 25.6. The van der Waals surface area contributed by atoms with Gasteiger partial charge in [0.05, 0.1) is 30.1 Å². The number of aryl methyl sites for hydroxylation is 1. The molecule has 4 aromatic carbocycles. The van der Waals surface area contributed by atoms with E-state index < -0.39 is 48.4 Å². The molecule has 0 saturated carbocycles. The Kier molecular flexibility index (Phi) is 11.6. The third kappa shape index (κ3) is 9.52. The van der Waals surface area contributed by atoms with Crippen molar-refractivity contribution in [2.75, 3.05) is 0 Å². The zero-order valence-electron chi connectivity index (χ0n) is 29.2. The van der Waals surface area contributed by atoms with Crippen LogP contribution in [0, 0.1) is 6.92 Å². The Morgan fingerprint density at radius 2 is 1.49 bits per heavy atom. The van der Waals surface area contributed by atoms with Crippen LogP contribution in [0.15, 0.2) is 121 Å². The Morgan fingerprint density at radius 3 is 2.25 bits per heavy atom. The molecule has 6 aromatic rings. The van der Waals surface area contributed by atoms with Crippen LogP contribution in [0.2, 0.25) is 0 Å². The maximum atomic E-state index is 13.5. The van der Waals surface area contributed by atoms with Crippen molar-refractivity contribution >= 4 is 45.5 Å².